The zero-order valence-electron chi connectivity index (χ0n) is 12.7. The van der Waals surface area contributed by atoms with E-state index in [2.05, 4.69) is 12.2 Å². The van der Waals surface area contributed by atoms with Crippen LogP contribution in [-0.2, 0) is 4.74 Å². The van der Waals surface area contributed by atoms with Gasteiger partial charge in [-0.2, -0.15) is 0 Å². The molecule has 19 heavy (non-hydrogen) atoms. The van der Waals surface area contributed by atoms with E-state index in [1.165, 1.54) is 12.8 Å². The minimum Gasteiger partial charge on any atom is -0.394 e. The van der Waals surface area contributed by atoms with E-state index in [-0.39, 0.29) is 12.1 Å². The SMILES string of the molecule is CCC(C)(CO)NCC(O)COC1CCC(C)CC1. The number of nitrogens with one attached hydrogen (secondary N) is 1. The van der Waals surface area contributed by atoms with Crippen molar-refractivity contribution in [1.29, 1.82) is 0 Å². The monoisotopic (exact) mass is 273 g/mol. The summed E-state index contributed by atoms with van der Waals surface area (Å²) in [6, 6.07) is 0. The highest BCUT2D eigenvalue weighted by molar-refractivity contribution is 4.81. The molecule has 0 bridgehead atoms. The molecule has 0 heterocycles. The second kappa shape index (κ2) is 8.20. The third-order valence-corrected chi connectivity index (χ3v) is 4.38. The van der Waals surface area contributed by atoms with Crippen LogP contribution in [0.4, 0.5) is 0 Å². The van der Waals surface area contributed by atoms with E-state index in [1.54, 1.807) is 0 Å². The molecule has 0 radical (unpaired) electrons. The van der Waals surface area contributed by atoms with Crippen LogP contribution in [0.1, 0.15) is 52.9 Å². The number of ether oxygens (including phenoxy) is 1. The van der Waals surface area contributed by atoms with Crippen LogP contribution >= 0.6 is 0 Å². The first-order valence-electron chi connectivity index (χ1n) is 7.64. The standard InChI is InChI=1S/C15H31NO3/c1-4-15(3,11-17)16-9-13(18)10-19-14-7-5-12(2)6-8-14/h12-14,16-18H,4-11H2,1-3H3. The zero-order valence-corrected chi connectivity index (χ0v) is 12.7. The van der Waals surface area contributed by atoms with Gasteiger partial charge in [-0.3, -0.25) is 0 Å². The molecule has 0 amide bonds. The van der Waals surface area contributed by atoms with Gasteiger partial charge in [0, 0.05) is 12.1 Å². The van der Waals surface area contributed by atoms with E-state index in [0.717, 1.165) is 25.2 Å². The van der Waals surface area contributed by atoms with E-state index in [9.17, 15) is 10.2 Å². The molecule has 1 aliphatic carbocycles. The molecule has 0 aliphatic heterocycles. The van der Waals surface area contributed by atoms with E-state index in [1.807, 2.05) is 13.8 Å². The Balaban J connectivity index is 2.15. The van der Waals surface area contributed by atoms with Crippen molar-refractivity contribution in [2.75, 3.05) is 19.8 Å². The number of rotatable bonds is 8. The summed E-state index contributed by atoms with van der Waals surface area (Å²) in [6.45, 7) is 7.21. The number of aliphatic hydroxyl groups excluding tert-OH is 2. The molecule has 3 N–H and O–H groups in total. The molecule has 2 atom stereocenters. The summed E-state index contributed by atoms with van der Waals surface area (Å²) in [6.07, 6.45) is 5.35. The van der Waals surface area contributed by atoms with Crippen molar-refractivity contribution in [2.45, 2.75) is 70.6 Å². The Kier molecular flexibility index (Phi) is 7.29. The van der Waals surface area contributed by atoms with E-state index < -0.39 is 6.10 Å². The molecular formula is C15H31NO3. The summed E-state index contributed by atoms with van der Waals surface area (Å²) in [5.41, 5.74) is -0.304. The Morgan fingerprint density at radius 2 is 1.95 bits per heavy atom. The van der Waals surface area contributed by atoms with Gasteiger partial charge in [0.15, 0.2) is 0 Å². The van der Waals surface area contributed by atoms with E-state index >= 15 is 0 Å². The average Bonchev–Trinajstić information content (AvgIpc) is 2.44. The molecule has 1 fully saturated rings. The Morgan fingerprint density at radius 3 is 2.47 bits per heavy atom. The lowest BCUT2D eigenvalue weighted by atomic mass is 9.89. The normalized spacial score (nSPS) is 28.9. The smallest absolute Gasteiger partial charge is 0.0898 e. The summed E-state index contributed by atoms with van der Waals surface area (Å²) in [7, 11) is 0. The molecule has 0 spiro atoms. The molecule has 2 unspecified atom stereocenters. The average molecular weight is 273 g/mol. The van der Waals surface area contributed by atoms with Crippen molar-refractivity contribution in [3.8, 4) is 0 Å². The highest BCUT2D eigenvalue weighted by Crippen LogP contribution is 2.25. The lowest BCUT2D eigenvalue weighted by molar-refractivity contribution is -0.0303. The van der Waals surface area contributed by atoms with Crippen LogP contribution in [0.2, 0.25) is 0 Å². The summed E-state index contributed by atoms with van der Waals surface area (Å²) in [5.74, 6) is 0.821. The second-order valence-corrected chi connectivity index (χ2v) is 6.32. The predicted molar refractivity (Wildman–Crippen MR) is 77.2 cm³/mol. The Hall–Kier alpha value is -0.160. The van der Waals surface area contributed by atoms with E-state index in [4.69, 9.17) is 4.74 Å². The quantitative estimate of drug-likeness (QED) is 0.630. The molecule has 1 aliphatic rings. The van der Waals surface area contributed by atoms with Gasteiger partial charge in [0.2, 0.25) is 0 Å². The van der Waals surface area contributed by atoms with Crippen LogP contribution in [0, 0.1) is 5.92 Å². The maximum absolute atomic E-state index is 9.92. The van der Waals surface area contributed by atoms with Crippen LogP contribution in [0.25, 0.3) is 0 Å². The van der Waals surface area contributed by atoms with Gasteiger partial charge in [-0.1, -0.05) is 13.8 Å². The first-order chi connectivity index (χ1) is 8.99. The van der Waals surface area contributed by atoms with Crippen LogP contribution in [-0.4, -0.2) is 47.7 Å². The van der Waals surface area contributed by atoms with Crippen molar-refractivity contribution in [3.05, 3.63) is 0 Å². The fraction of sp³-hybridized carbons (Fsp3) is 1.00. The van der Waals surface area contributed by atoms with Gasteiger partial charge >= 0.3 is 0 Å². The molecule has 1 rings (SSSR count). The van der Waals surface area contributed by atoms with Crippen molar-refractivity contribution in [1.82, 2.24) is 5.32 Å². The number of β-amino-alcohol motifs (C(OH)–C–C–N with tert-alkyl or cyclic N) is 1. The molecule has 0 aromatic carbocycles. The summed E-state index contributed by atoms with van der Waals surface area (Å²) in [5, 5.41) is 22.4. The Labute approximate surface area is 117 Å². The summed E-state index contributed by atoms with van der Waals surface area (Å²) in [4.78, 5) is 0. The molecular weight excluding hydrogens is 242 g/mol. The highest BCUT2D eigenvalue weighted by atomic mass is 16.5. The van der Waals surface area contributed by atoms with E-state index in [0.29, 0.717) is 19.3 Å². The van der Waals surface area contributed by atoms with Gasteiger partial charge in [0.05, 0.1) is 25.4 Å². The lowest BCUT2D eigenvalue weighted by Crippen LogP contribution is -2.49. The van der Waals surface area contributed by atoms with Gasteiger partial charge in [-0.25, -0.2) is 0 Å². The highest BCUT2D eigenvalue weighted by Gasteiger charge is 2.22. The molecule has 4 heteroatoms. The Bertz CT molecular complexity index is 236. The molecule has 0 aromatic heterocycles. The predicted octanol–water partition coefficient (Wildman–Crippen LogP) is 1.69. The lowest BCUT2D eigenvalue weighted by Gasteiger charge is -2.30. The van der Waals surface area contributed by atoms with Crippen molar-refractivity contribution in [3.63, 3.8) is 0 Å². The van der Waals surface area contributed by atoms with Crippen molar-refractivity contribution in [2.24, 2.45) is 5.92 Å². The molecule has 1 saturated carbocycles. The fourth-order valence-corrected chi connectivity index (χ4v) is 2.36. The molecule has 114 valence electrons. The van der Waals surface area contributed by atoms with Gasteiger partial charge in [-0.15, -0.1) is 0 Å². The summed E-state index contributed by atoms with van der Waals surface area (Å²) < 4.78 is 5.77. The molecule has 0 aromatic rings. The minimum absolute atomic E-state index is 0.0809. The maximum Gasteiger partial charge on any atom is 0.0898 e. The minimum atomic E-state index is -0.503. The van der Waals surface area contributed by atoms with Gasteiger partial charge in [0.25, 0.3) is 0 Å². The first-order valence-corrected chi connectivity index (χ1v) is 7.64. The zero-order chi connectivity index (χ0) is 14.3. The van der Waals surface area contributed by atoms with Gasteiger partial charge < -0.3 is 20.3 Å². The number of aliphatic hydroxyl groups is 2. The summed E-state index contributed by atoms with van der Waals surface area (Å²) >= 11 is 0. The van der Waals surface area contributed by atoms with Gasteiger partial charge in [0.1, 0.15) is 0 Å². The van der Waals surface area contributed by atoms with Gasteiger partial charge in [-0.05, 0) is 44.9 Å². The van der Waals surface area contributed by atoms with Crippen molar-refractivity contribution >= 4 is 0 Å². The molecule has 0 saturated heterocycles. The second-order valence-electron chi connectivity index (χ2n) is 6.32. The van der Waals surface area contributed by atoms with Crippen LogP contribution in [0.15, 0.2) is 0 Å². The van der Waals surface area contributed by atoms with Crippen LogP contribution in [0.3, 0.4) is 0 Å². The maximum atomic E-state index is 9.92. The fourth-order valence-electron chi connectivity index (χ4n) is 2.36. The van der Waals surface area contributed by atoms with Crippen LogP contribution < -0.4 is 5.32 Å². The Morgan fingerprint density at radius 1 is 1.32 bits per heavy atom. The topological polar surface area (TPSA) is 61.7 Å². The first kappa shape index (κ1) is 16.9. The third kappa shape index (κ3) is 6.21. The largest absolute Gasteiger partial charge is 0.394 e. The van der Waals surface area contributed by atoms with Crippen molar-refractivity contribution < 1.29 is 14.9 Å². The molecule has 4 nitrogen and oxygen atoms in total. The number of hydrogen-bond acceptors (Lipinski definition) is 4. The van der Waals surface area contributed by atoms with Crippen LogP contribution in [0.5, 0.6) is 0 Å². The third-order valence-electron chi connectivity index (χ3n) is 4.38. The number of hydrogen-bond donors (Lipinski definition) is 3.